The maximum Gasteiger partial charge on any atom is 0.305 e. The third-order valence-corrected chi connectivity index (χ3v) is 9.57. The number of hydrogen-bond acceptors (Lipinski definition) is 9. The first-order valence-corrected chi connectivity index (χ1v) is 14.5. The number of aromatic amines is 1. The van der Waals surface area contributed by atoms with Crippen molar-refractivity contribution < 1.29 is 24.0 Å². The van der Waals surface area contributed by atoms with Gasteiger partial charge in [-0.2, -0.15) is 0 Å². The minimum absolute atomic E-state index is 0.155. The van der Waals surface area contributed by atoms with Crippen LogP contribution in [-0.4, -0.2) is 39.5 Å². The standard InChI is InChI=1S/C29H22N4O7S2/c1-15-4-2-3-5-20(15)30-21(34)14-40-19-12-6-16(7-13-19)22-23-25(41-26-24(22)42-29(37)31-26)28(36)32(27(23)35)17-8-10-18(11-9-17)33(38)39/h2-13,22-23,25H,14H2,1H3,(H,30,34)(H,31,37)/t22-,23-,25+/m0/s1. The molecule has 2 aliphatic heterocycles. The number of para-hydroxylation sites is 1. The lowest BCUT2D eigenvalue weighted by molar-refractivity contribution is -0.384. The number of nitrogens with one attached hydrogen (secondary N) is 2. The molecule has 1 saturated heterocycles. The van der Waals surface area contributed by atoms with Gasteiger partial charge in [-0.25, -0.2) is 4.90 Å². The van der Waals surface area contributed by atoms with Crippen LogP contribution in [0.25, 0.3) is 0 Å². The van der Waals surface area contributed by atoms with E-state index in [9.17, 15) is 29.3 Å². The van der Waals surface area contributed by atoms with E-state index in [1.165, 1.54) is 24.3 Å². The van der Waals surface area contributed by atoms with Crippen molar-refractivity contribution in [2.75, 3.05) is 16.8 Å². The van der Waals surface area contributed by atoms with Gasteiger partial charge >= 0.3 is 4.87 Å². The Morgan fingerprint density at radius 3 is 2.43 bits per heavy atom. The zero-order valence-corrected chi connectivity index (χ0v) is 23.6. The smallest absolute Gasteiger partial charge is 0.305 e. The van der Waals surface area contributed by atoms with Crippen LogP contribution in [-0.2, 0) is 14.4 Å². The molecule has 0 aliphatic carbocycles. The zero-order valence-electron chi connectivity index (χ0n) is 21.9. The van der Waals surface area contributed by atoms with Crippen LogP contribution < -0.4 is 19.8 Å². The number of ether oxygens (including phenoxy) is 1. The van der Waals surface area contributed by atoms with E-state index in [0.717, 1.165) is 33.6 Å². The number of anilines is 2. The molecule has 1 fully saturated rings. The van der Waals surface area contributed by atoms with Gasteiger partial charge in [-0.1, -0.05) is 53.4 Å². The first kappa shape index (κ1) is 27.4. The second-order valence-electron chi connectivity index (χ2n) is 9.76. The summed E-state index contributed by atoms with van der Waals surface area (Å²) in [5.41, 5.74) is 2.42. The second kappa shape index (κ2) is 10.9. The monoisotopic (exact) mass is 602 g/mol. The molecule has 0 bridgehead atoms. The van der Waals surface area contributed by atoms with E-state index >= 15 is 0 Å². The summed E-state index contributed by atoms with van der Waals surface area (Å²) in [5.74, 6) is -2.17. The number of aryl methyl sites for hydroxylation is 1. The van der Waals surface area contributed by atoms with Gasteiger partial charge < -0.3 is 15.0 Å². The van der Waals surface area contributed by atoms with E-state index in [1.807, 2.05) is 25.1 Å². The molecule has 3 heterocycles. The van der Waals surface area contributed by atoms with Gasteiger partial charge in [-0.3, -0.25) is 29.3 Å². The van der Waals surface area contributed by atoms with E-state index in [2.05, 4.69) is 10.3 Å². The van der Waals surface area contributed by atoms with Crippen molar-refractivity contribution in [3.05, 3.63) is 109 Å². The summed E-state index contributed by atoms with van der Waals surface area (Å²) >= 11 is 2.14. The number of fused-ring (bicyclic) bond motifs is 2. The molecule has 6 rings (SSSR count). The molecule has 3 atom stereocenters. The van der Waals surface area contributed by atoms with Crippen LogP contribution in [0.3, 0.4) is 0 Å². The number of nitro benzene ring substituents is 1. The number of H-pyrrole nitrogens is 1. The average molecular weight is 603 g/mol. The molecule has 13 heteroatoms. The number of nitrogens with zero attached hydrogens (tertiary/aromatic N) is 2. The first-order valence-electron chi connectivity index (χ1n) is 12.8. The van der Waals surface area contributed by atoms with Crippen LogP contribution in [0.15, 0.2) is 82.6 Å². The number of carbonyl (C=O) groups excluding carboxylic acids is 3. The number of rotatable bonds is 7. The minimum atomic E-state index is -0.802. The summed E-state index contributed by atoms with van der Waals surface area (Å²) in [6, 6.07) is 19.5. The Kier molecular flexibility index (Phi) is 7.12. The van der Waals surface area contributed by atoms with Crippen LogP contribution in [0.1, 0.15) is 21.9 Å². The van der Waals surface area contributed by atoms with Gasteiger partial charge in [0.1, 0.15) is 11.0 Å². The summed E-state index contributed by atoms with van der Waals surface area (Å²) in [5, 5.41) is 13.6. The third kappa shape index (κ3) is 4.97. The molecule has 0 saturated carbocycles. The predicted molar refractivity (Wildman–Crippen MR) is 157 cm³/mol. The average Bonchev–Trinajstić information content (AvgIpc) is 3.47. The summed E-state index contributed by atoms with van der Waals surface area (Å²) in [7, 11) is 0. The Labute approximate surface area is 246 Å². The van der Waals surface area contributed by atoms with Gasteiger partial charge in [0, 0.05) is 28.6 Å². The van der Waals surface area contributed by atoms with Gasteiger partial charge in [-0.05, 0) is 48.4 Å². The Bertz CT molecular complexity index is 1780. The Hall–Kier alpha value is -4.75. The summed E-state index contributed by atoms with van der Waals surface area (Å²) in [4.78, 5) is 66.8. The minimum Gasteiger partial charge on any atom is -0.484 e. The van der Waals surface area contributed by atoms with Crippen LogP contribution in [0.2, 0.25) is 0 Å². The highest BCUT2D eigenvalue weighted by molar-refractivity contribution is 8.00. The first-order chi connectivity index (χ1) is 20.2. The molecule has 2 aliphatic rings. The van der Waals surface area contributed by atoms with Crippen molar-refractivity contribution in [1.29, 1.82) is 0 Å². The Balaban J connectivity index is 1.25. The topological polar surface area (TPSA) is 152 Å². The fourth-order valence-corrected chi connectivity index (χ4v) is 7.69. The number of benzene rings is 3. The molecule has 42 heavy (non-hydrogen) atoms. The molecule has 212 valence electrons. The normalized spacial score (nSPS) is 19.3. The molecule has 11 nitrogen and oxygen atoms in total. The number of imide groups is 1. The third-order valence-electron chi connectivity index (χ3n) is 7.17. The SMILES string of the molecule is Cc1ccccc1NC(=O)COc1ccc([C@@H]2c3sc(=O)[nH]c3S[C@H]3C(=O)N(c4ccc([N+](=O)[O-])cc4)C(=O)[C@@H]23)cc1. The van der Waals surface area contributed by atoms with E-state index in [-0.39, 0.29) is 28.8 Å². The van der Waals surface area contributed by atoms with Crippen molar-refractivity contribution in [1.82, 2.24) is 4.98 Å². The van der Waals surface area contributed by atoms with E-state index in [4.69, 9.17) is 4.74 Å². The Morgan fingerprint density at radius 1 is 1.02 bits per heavy atom. The van der Waals surface area contributed by atoms with E-state index in [0.29, 0.717) is 26.9 Å². The van der Waals surface area contributed by atoms with Gasteiger partial charge in [0.05, 0.1) is 21.6 Å². The number of nitro groups is 1. The Morgan fingerprint density at radius 2 is 1.74 bits per heavy atom. The van der Waals surface area contributed by atoms with Crippen molar-refractivity contribution in [2.24, 2.45) is 5.92 Å². The number of amides is 3. The van der Waals surface area contributed by atoms with Gasteiger partial charge in [0.2, 0.25) is 11.8 Å². The van der Waals surface area contributed by atoms with Crippen LogP contribution in [0, 0.1) is 23.0 Å². The number of carbonyl (C=O) groups is 3. The number of thioether (sulfide) groups is 1. The molecular formula is C29H22N4O7S2. The highest BCUT2D eigenvalue weighted by Crippen LogP contribution is 2.53. The number of hydrogen-bond donors (Lipinski definition) is 2. The lowest BCUT2D eigenvalue weighted by Gasteiger charge is -2.29. The summed E-state index contributed by atoms with van der Waals surface area (Å²) in [6.07, 6.45) is 0. The maximum atomic E-state index is 13.8. The van der Waals surface area contributed by atoms with Gasteiger partial charge in [-0.15, -0.1) is 0 Å². The van der Waals surface area contributed by atoms with Crippen molar-refractivity contribution >= 4 is 57.9 Å². The molecule has 3 amide bonds. The van der Waals surface area contributed by atoms with Crippen molar-refractivity contribution in [3.8, 4) is 5.75 Å². The molecule has 0 unspecified atom stereocenters. The van der Waals surface area contributed by atoms with Crippen LogP contribution in [0.5, 0.6) is 5.75 Å². The van der Waals surface area contributed by atoms with Crippen molar-refractivity contribution in [3.63, 3.8) is 0 Å². The van der Waals surface area contributed by atoms with Gasteiger partial charge in [0.25, 0.3) is 11.6 Å². The molecular weight excluding hydrogens is 580 g/mol. The lowest BCUT2D eigenvalue weighted by Crippen LogP contribution is -2.32. The summed E-state index contributed by atoms with van der Waals surface area (Å²) < 4.78 is 5.68. The quantitative estimate of drug-likeness (QED) is 0.179. The number of thiazole rings is 1. The van der Waals surface area contributed by atoms with E-state index < -0.39 is 33.8 Å². The van der Waals surface area contributed by atoms with Crippen molar-refractivity contribution in [2.45, 2.75) is 23.1 Å². The van der Waals surface area contributed by atoms with E-state index in [1.54, 1.807) is 30.3 Å². The van der Waals surface area contributed by atoms with Crippen LogP contribution >= 0.6 is 23.1 Å². The molecule has 0 spiro atoms. The molecule has 1 aromatic heterocycles. The number of non-ortho nitro benzene ring substituents is 1. The van der Waals surface area contributed by atoms with Crippen LogP contribution in [0.4, 0.5) is 17.1 Å². The predicted octanol–water partition coefficient (Wildman–Crippen LogP) is 4.47. The molecule has 3 aromatic carbocycles. The fraction of sp³-hybridized carbons (Fsp3) is 0.172. The highest BCUT2D eigenvalue weighted by Gasteiger charge is 2.56. The maximum absolute atomic E-state index is 13.8. The fourth-order valence-electron chi connectivity index (χ4n) is 5.17. The second-order valence-corrected chi connectivity index (χ2v) is 11.9. The lowest BCUT2D eigenvalue weighted by atomic mass is 9.83. The number of aromatic nitrogens is 1. The molecule has 4 aromatic rings. The largest absolute Gasteiger partial charge is 0.484 e. The summed E-state index contributed by atoms with van der Waals surface area (Å²) in [6.45, 7) is 1.68. The highest BCUT2D eigenvalue weighted by atomic mass is 32.2. The molecule has 0 radical (unpaired) electrons. The molecule has 2 N–H and O–H groups in total. The zero-order chi connectivity index (χ0) is 29.5. The van der Waals surface area contributed by atoms with Gasteiger partial charge in [0.15, 0.2) is 6.61 Å².